The zero-order chi connectivity index (χ0) is 20.9. The number of rotatable bonds is 10. The van der Waals surface area contributed by atoms with Crippen molar-refractivity contribution in [2.24, 2.45) is 17.3 Å². The number of carbonyl (C=O) groups excluding carboxylic acids is 1. The number of hydrogen-bond acceptors (Lipinski definition) is 4. The van der Waals surface area contributed by atoms with E-state index in [-0.39, 0.29) is 22.9 Å². The molecule has 0 bridgehead atoms. The molecule has 29 heavy (non-hydrogen) atoms. The number of methoxy groups -OCH3 is 1. The standard InChI is InChI=1S/C24H35ClO3S/c1-3-24(15-6-16-24)22(26)10-5-9-19-17(11-13-20(19)25)7-4-8-18-12-14-21(29-18)23(27)28-2/h5,9,12,14,17,19-20,22,26H,3-4,6-8,10-11,13,15-16H2,1-2H3/b9-5+/t17-,19+,20+,22?/m0/s1. The van der Waals surface area contributed by atoms with Crippen LogP contribution in [0.15, 0.2) is 24.3 Å². The Bertz CT molecular complexity index is 689. The summed E-state index contributed by atoms with van der Waals surface area (Å²) in [7, 11) is 1.42. The second-order valence-corrected chi connectivity index (χ2v) is 10.6. The summed E-state index contributed by atoms with van der Waals surface area (Å²) in [6.07, 6.45) is 15.2. The van der Waals surface area contributed by atoms with Gasteiger partial charge in [-0.25, -0.2) is 4.79 Å². The quantitative estimate of drug-likeness (QED) is 0.262. The minimum Gasteiger partial charge on any atom is -0.465 e. The number of aliphatic hydroxyl groups is 1. The number of hydrogen-bond donors (Lipinski definition) is 1. The summed E-state index contributed by atoms with van der Waals surface area (Å²) in [4.78, 5) is 13.5. The van der Waals surface area contributed by atoms with Crippen LogP contribution in [0.5, 0.6) is 0 Å². The van der Waals surface area contributed by atoms with Gasteiger partial charge in [-0.05, 0) is 87.2 Å². The molecule has 0 spiro atoms. The van der Waals surface area contributed by atoms with E-state index >= 15 is 0 Å². The predicted molar refractivity (Wildman–Crippen MR) is 121 cm³/mol. The van der Waals surface area contributed by atoms with Crippen LogP contribution in [-0.4, -0.2) is 29.7 Å². The number of halogens is 1. The highest BCUT2D eigenvalue weighted by Crippen LogP contribution is 2.48. The largest absolute Gasteiger partial charge is 0.465 e. The fraction of sp³-hybridized carbons (Fsp3) is 0.708. The van der Waals surface area contributed by atoms with Crippen LogP contribution in [0, 0.1) is 17.3 Å². The molecule has 3 rings (SSSR count). The first-order valence-electron chi connectivity index (χ1n) is 11.1. The number of aryl methyl sites for hydroxylation is 1. The van der Waals surface area contributed by atoms with Gasteiger partial charge in [0.25, 0.3) is 0 Å². The molecular formula is C24H35ClO3S. The smallest absolute Gasteiger partial charge is 0.348 e. The van der Waals surface area contributed by atoms with Crippen LogP contribution in [0.4, 0.5) is 0 Å². The van der Waals surface area contributed by atoms with Crippen molar-refractivity contribution in [3.8, 4) is 0 Å². The minimum atomic E-state index is -0.249. The van der Waals surface area contributed by atoms with Crippen molar-refractivity contribution in [2.75, 3.05) is 7.11 Å². The van der Waals surface area contributed by atoms with Gasteiger partial charge in [-0.3, -0.25) is 0 Å². The lowest BCUT2D eigenvalue weighted by atomic mass is 9.63. The molecule has 1 N–H and O–H groups in total. The molecule has 2 fully saturated rings. The Labute approximate surface area is 184 Å². The maximum atomic E-state index is 11.6. The third-order valence-electron chi connectivity index (χ3n) is 7.30. The Kier molecular flexibility index (Phi) is 8.23. The number of carbonyl (C=O) groups is 1. The molecule has 0 amide bonds. The predicted octanol–water partition coefficient (Wildman–Crippen LogP) is 6.38. The van der Waals surface area contributed by atoms with E-state index in [2.05, 4.69) is 19.1 Å². The zero-order valence-electron chi connectivity index (χ0n) is 17.7. The van der Waals surface area contributed by atoms with Gasteiger partial charge in [-0.1, -0.05) is 25.5 Å². The molecule has 1 aromatic rings. The van der Waals surface area contributed by atoms with Crippen LogP contribution in [0.1, 0.15) is 79.3 Å². The lowest BCUT2D eigenvalue weighted by Gasteiger charge is -2.45. The molecule has 5 heteroatoms. The molecule has 1 heterocycles. The van der Waals surface area contributed by atoms with E-state index in [1.165, 1.54) is 49.0 Å². The van der Waals surface area contributed by atoms with Crippen LogP contribution >= 0.6 is 22.9 Å². The molecule has 1 aromatic heterocycles. The fourth-order valence-corrected chi connectivity index (χ4v) is 6.48. The molecule has 3 nitrogen and oxygen atoms in total. The maximum absolute atomic E-state index is 11.6. The van der Waals surface area contributed by atoms with Crippen molar-refractivity contribution in [3.05, 3.63) is 34.0 Å². The Morgan fingerprint density at radius 3 is 2.86 bits per heavy atom. The van der Waals surface area contributed by atoms with Crippen LogP contribution in [-0.2, 0) is 11.2 Å². The van der Waals surface area contributed by atoms with Gasteiger partial charge in [-0.15, -0.1) is 22.9 Å². The van der Waals surface area contributed by atoms with E-state index in [1.54, 1.807) is 0 Å². The van der Waals surface area contributed by atoms with E-state index < -0.39 is 0 Å². The molecule has 0 aromatic carbocycles. The molecule has 0 aliphatic heterocycles. The summed E-state index contributed by atoms with van der Waals surface area (Å²) >= 11 is 8.17. The number of esters is 1. The summed E-state index contributed by atoms with van der Waals surface area (Å²) in [6, 6.07) is 3.90. The van der Waals surface area contributed by atoms with Gasteiger partial charge < -0.3 is 9.84 Å². The normalized spacial score (nSPS) is 27.1. The van der Waals surface area contributed by atoms with E-state index in [9.17, 15) is 9.90 Å². The Morgan fingerprint density at radius 1 is 1.41 bits per heavy atom. The van der Waals surface area contributed by atoms with Crippen LogP contribution < -0.4 is 0 Å². The topological polar surface area (TPSA) is 46.5 Å². The Hall–Kier alpha value is -0.840. The highest BCUT2D eigenvalue weighted by atomic mass is 35.5. The second kappa shape index (κ2) is 10.5. The third-order valence-corrected chi connectivity index (χ3v) is 8.93. The summed E-state index contributed by atoms with van der Waals surface area (Å²) < 4.78 is 4.79. The number of aliphatic hydroxyl groups excluding tert-OH is 1. The van der Waals surface area contributed by atoms with E-state index in [4.69, 9.17) is 16.3 Å². The second-order valence-electron chi connectivity index (χ2n) is 8.83. The van der Waals surface area contributed by atoms with Crippen molar-refractivity contribution < 1.29 is 14.6 Å². The first-order valence-corrected chi connectivity index (χ1v) is 12.4. The summed E-state index contributed by atoms with van der Waals surface area (Å²) in [5.74, 6) is 0.785. The summed E-state index contributed by atoms with van der Waals surface area (Å²) in [5, 5.41) is 10.8. The molecule has 0 saturated heterocycles. The summed E-state index contributed by atoms with van der Waals surface area (Å²) in [5.41, 5.74) is 0.170. The van der Waals surface area contributed by atoms with Crippen molar-refractivity contribution in [3.63, 3.8) is 0 Å². The molecule has 2 aliphatic rings. The molecule has 4 atom stereocenters. The number of allylic oxidation sites excluding steroid dienone is 1. The van der Waals surface area contributed by atoms with Crippen LogP contribution in [0.25, 0.3) is 0 Å². The molecule has 1 unspecified atom stereocenters. The highest BCUT2D eigenvalue weighted by molar-refractivity contribution is 7.13. The van der Waals surface area contributed by atoms with Crippen LogP contribution in [0.3, 0.4) is 0 Å². The third kappa shape index (κ3) is 5.45. The van der Waals surface area contributed by atoms with E-state index in [0.29, 0.717) is 16.7 Å². The molecule has 0 radical (unpaired) electrons. The maximum Gasteiger partial charge on any atom is 0.348 e. The van der Waals surface area contributed by atoms with E-state index in [1.807, 2.05) is 12.1 Å². The van der Waals surface area contributed by atoms with Gasteiger partial charge in [0.2, 0.25) is 0 Å². The molecule has 2 aliphatic carbocycles. The highest BCUT2D eigenvalue weighted by Gasteiger charge is 2.41. The summed E-state index contributed by atoms with van der Waals surface area (Å²) in [6.45, 7) is 2.20. The number of alkyl halides is 1. The molecule has 2 saturated carbocycles. The minimum absolute atomic E-state index is 0.170. The Morgan fingerprint density at radius 2 is 2.21 bits per heavy atom. The van der Waals surface area contributed by atoms with E-state index in [0.717, 1.165) is 38.5 Å². The first kappa shape index (κ1) is 22.8. The number of thiophene rings is 1. The van der Waals surface area contributed by atoms with Crippen molar-refractivity contribution in [2.45, 2.75) is 82.6 Å². The number of ether oxygens (including phenoxy) is 1. The van der Waals surface area contributed by atoms with Crippen molar-refractivity contribution in [1.82, 2.24) is 0 Å². The average molecular weight is 439 g/mol. The van der Waals surface area contributed by atoms with Crippen molar-refractivity contribution in [1.29, 1.82) is 0 Å². The van der Waals surface area contributed by atoms with Gasteiger partial charge >= 0.3 is 5.97 Å². The zero-order valence-corrected chi connectivity index (χ0v) is 19.3. The van der Waals surface area contributed by atoms with Crippen LogP contribution in [0.2, 0.25) is 0 Å². The van der Waals surface area contributed by atoms with Gasteiger partial charge in [0.05, 0.1) is 13.2 Å². The van der Waals surface area contributed by atoms with Crippen molar-refractivity contribution >= 4 is 28.9 Å². The van der Waals surface area contributed by atoms with Gasteiger partial charge in [0.15, 0.2) is 0 Å². The van der Waals surface area contributed by atoms with Gasteiger partial charge in [0.1, 0.15) is 4.88 Å². The lowest BCUT2D eigenvalue weighted by molar-refractivity contribution is -0.0355. The van der Waals surface area contributed by atoms with Gasteiger partial charge in [-0.2, -0.15) is 0 Å². The average Bonchev–Trinajstić information content (AvgIpc) is 3.29. The molecule has 162 valence electrons. The molecular weight excluding hydrogens is 404 g/mol. The SMILES string of the molecule is CCC1(C(O)C/C=C/[C@@H]2[C@@H](CCCc3ccc(C(=O)OC)s3)CC[C@H]2Cl)CCC1. The van der Waals surface area contributed by atoms with Gasteiger partial charge in [0, 0.05) is 10.3 Å². The monoisotopic (exact) mass is 438 g/mol. The Balaban J connectivity index is 1.46. The lowest BCUT2D eigenvalue weighted by Crippen LogP contribution is -2.40. The fourth-order valence-electron chi connectivity index (χ4n) is 5.10. The first-order chi connectivity index (χ1) is 14.0.